The number of aromatic amines is 1. The van der Waals surface area contributed by atoms with Crippen molar-refractivity contribution in [3.8, 4) is 0 Å². The minimum atomic E-state index is -0.952. The molecule has 0 unspecified atom stereocenters. The summed E-state index contributed by atoms with van der Waals surface area (Å²) in [5.41, 5.74) is 3.22. The van der Waals surface area contributed by atoms with Gasteiger partial charge in [-0.2, -0.15) is 5.10 Å². The summed E-state index contributed by atoms with van der Waals surface area (Å²) in [5.74, 6) is -0.952. The molecule has 0 radical (unpaired) electrons. The number of benzene rings is 1. The van der Waals surface area contributed by atoms with E-state index in [1.54, 1.807) is 18.2 Å². The van der Waals surface area contributed by atoms with Gasteiger partial charge in [-0.05, 0) is 30.5 Å². The van der Waals surface area contributed by atoms with Gasteiger partial charge in [0.1, 0.15) is 0 Å². The van der Waals surface area contributed by atoms with E-state index in [0.29, 0.717) is 6.42 Å². The number of hydrogen-bond acceptors (Lipinski definition) is 4. The zero-order chi connectivity index (χ0) is 14.8. The van der Waals surface area contributed by atoms with Crippen molar-refractivity contribution in [3.05, 3.63) is 57.0 Å². The Labute approximate surface area is 120 Å². The Balaban J connectivity index is 1.97. The Morgan fingerprint density at radius 3 is 3.05 bits per heavy atom. The number of anilines is 1. The molecule has 0 saturated heterocycles. The topological polar surface area (TPSA) is 95.1 Å². The first-order chi connectivity index (χ1) is 10.1. The summed E-state index contributed by atoms with van der Waals surface area (Å²) in [6.45, 7) is 0.820. The molecule has 1 aromatic carbocycles. The van der Waals surface area contributed by atoms with Crippen LogP contribution < -0.4 is 10.9 Å². The highest BCUT2D eigenvalue weighted by Crippen LogP contribution is 2.23. The maximum Gasteiger partial charge on any atom is 0.335 e. The fourth-order valence-electron chi connectivity index (χ4n) is 2.59. The van der Waals surface area contributed by atoms with Crippen LogP contribution in [0.3, 0.4) is 0 Å². The smallest absolute Gasteiger partial charge is 0.335 e. The van der Waals surface area contributed by atoms with Gasteiger partial charge in [0, 0.05) is 18.5 Å². The number of carboxylic acids is 1. The molecular weight excluding hydrogens is 270 g/mol. The van der Waals surface area contributed by atoms with E-state index in [4.69, 9.17) is 5.11 Å². The highest BCUT2D eigenvalue weighted by Gasteiger charge is 2.17. The number of carbonyl (C=O) groups is 1. The first-order valence-electron chi connectivity index (χ1n) is 6.81. The summed E-state index contributed by atoms with van der Waals surface area (Å²) in [7, 11) is 0. The number of aromatic carboxylic acids is 1. The Morgan fingerprint density at radius 2 is 2.24 bits per heavy atom. The molecule has 1 aromatic heterocycles. The number of nitrogens with zero attached hydrogens (tertiary/aromatic N) is 1. The molecule has 0 saturated carbocycles. The largest absolute Gasteiger partial charge is 0.478 e. The molecule has 0 spiro atoms. The lowest BCUT2D eigenvalue weighted by molar-refractivity contribution is 0.0697. The van der Waals surface area contributed by atoms with Crippen molar-refractivity contribution in [1.82, 2.24) is 10.2 Å². The summed E-state index contributed by atoms with van der Waals surface area (Å²) < 4.78 is 0. The second kappa shape index (κ2) is 5.40. The fraction of sp³-hybridized carbons (Fsp3) is 0.267. The van der Waals surface area contributed by atoms with Crippen LogP contribution in [0.25, 0.3) is 0 Å². The van der Waals surface area contributed by atoms with Crippen molar-refractivity contribution >= 4 is 11.7 Å². The minimum Gasteiger partial charge on any atom is -0.478 e. The Bertz CT molecular complexity index is 752. The minimum absolute atomic E-state index is 0.153. The third-order valence-corrected chi connectivity index (χ3v) is 3.61. The normalized spacial score (nSPS) is 13.3. The van der Waals surface area contributed by atoms with Crippen LogP contribution in [0.5, 0.6) is 0 Å². The van der Waals surface area contributed by atoms with Crippen LogP contribution in [0.2, 0.25) is 0 Å². The van der Waals surface area contributed by atoms with Gasteiger partial charge >= 0.3 is 5.97 Å². The van der Waals surface area contributed by atoms with Gasteiger partial charge in [-0.25, -0.2) is 9.89 Å². The molecule has 1 aliphatic heterocycles. The Kier molecular flexibility index (Phi) is 3.43. The molecule has 6 heteroatoms. The summed E-state index contributed by atoms with van der Waals surface area (Å²) in [6.07, 6.45) is 2.14. The second-order valence-corrected chi connectivity index (χ2v) is 5.07. The van der Waals surface area contributed by atoms with E-state index in [2.05, 4.69) is 15.5 Å². The molecule has 108 valence electrons. The molecule has 0 bridgehead atoms. The number of hydrogen-bond donors (Lipinski definition) is 3. The van der Waals surface area contributed by atoms with Gasteiger partial charge in [0.2, 0.25) is 0 Å². The predicted octanol–water partition coefficient (Wildman–Crippen LogP) is 1.42. The summed E-state index contributed by atoms with van der Waals surface area (Å²) >= 11 is 0. The molecule has 0 aliphatic carbocycles. The zero-order valence-electron chi connectivity index (χ0n) is 11.3. The molecule has 3 N–H and O–H groups in total. The summed E-state index contributed by atoms with van der Waals surface area (Å²) in [4.78, 5) is 22.8. The second-order valence-electron chi connectivity index (χ2n) is 5.07. The molecule has 0 atom stereocenters. The van der Waals surface area contributed by atoms with Crippen LogP contribution in [-0.4, -0.2) is 27.8 Å². The van der Waals surface area contributed by atoms with Gasteiger partial charge in [0.15, 0.2) is 0 Å². The summed E-state index contributed by atoms with van der Waals surface area (Å²) in [6, 6.07) is 6.75. The standard InChI is InChI=1S/C15H15N3O3/c19-14-11-5-2-6-16-13(11)12(17-18-14)8-9-3-1-4-10(7-9)15(20)21/h1,3-4,7,16H,2,5-6,8H2,(H,18,19)(H,20,21). The van der Waals surface area contributed by atoms with E-state index < -0.39 is 5.97 Å². The average molecular weight is 285 g/mol. The quantitative estimate of drug-likeness (QED) is 0.792. The number of nitrogens with one attached hydrogen (secondary N) is 2. The molecule has 2 aromatic rings. The van der Waals surface area contributed by atoms with Crippen molar-refractivity contribution in [1.29, 1.82) is 0 Å². The zero-order valence-corrected chi connectivity index (χ0v) is 11.3. The third-order valence-electron chi connectivity index (χ3n) is 3.61. The molecule has 21 heavy (non-hydrogen) atoms. The average Bonchev–Trinajstić information content (AvgIpc) is 2.51. The van der Waals surface area contributed by atoms with Crippen molar-refractivity contribution in [2.24, 2.45) is 0 Å². The SMILES string of the molecule is O=C(O)c1cccc(Cc2n[nH]c(=O)c3c2NCCC3)c1. The summed E-state index contributed by atoms with van der Waals surface area (Å²) in [5, 5.41) is 18.9. The number of fused-ring (bicyclic) bond motifs is 1. The Morgan fingerprint density at radius 1 is 1.38 bits per heavy atom. The van der Waals surface area contributed by atoms with Crippen LogP contribution in [-0.2, 0) is 12.8 Å². The van der Waals surface area contributed by atoms with Gasteiger partial charge < -0.3 is 10.4 Å². The van der Waals surface area contributed by atoms with E-state index in [9.17, 15) is 9.59 Å². The van der Waals surface area contributed by atoms with Crippen LogP contribution >= 0.6 is 0 Å². The maximum absolute atomic E-state index is 11.8. The number of H-pyrrole nitrogens is 1. The van der Waals surface area contributed by atoms with Crippen LogP contribution in [0.1, 0.15) is 33.6 Å². The lowest BCUT2D eigenvalue weighted by atomic mass is 10.0. The first-order valence-corrected chi connectivity index (χ1v) is 6.81. The van der Waals surface area contributed by atoms with Gasteiger partial charge in [0.05, 0.1) is 16.9 Å². The number of carboxylic acid groups (broad SMARTS) is 1. The predicted molar refractivity (Wildman–Crippen MR) is 77.9 cm³/mol. The molecule has 2 heterocycles. The fourth-order valence-corrected chi connectivity index (χ4v) is 2.59. The maximum atomic E-state index is 11.8. The van der Waals surface area contributed by atoms with Crippen molar-refractivity contribution in [2.45, 2.75) is 19.3 Å². The van der Waals surface area contributed by atoms with Gasteiger partial charge in [-0.3, -0.25) is 4.79 Å². The molecule has 3 rings (SSSR count). The van der Waals surface area contributed by atoms with Crippen LogP contribution in [0.4, 0.5) is 5.69 Å². The molecule has 0 fully saturated rings. The van der Waals surface area contributed by atoms with E-state index in [1.165, 1.54) is 0 Å². The lowest BCUT2D eigenvalue weighted by Crippen LogP contribution is -2.25. The lowest BCUT2D eigenvalue weighted by Gasteiger charge is -2.19. The van der Waals surface area contributed by atoms with E-state index >= 15 is 0 Å². The highest BCUT2D eigenvalue weighted by molar-refractivity contribution is 5.87. The van der Waals surface area contributed by atoms with Crippen molar-refractivity contribution < 1.29 is 9.90 Å². The van der Waals surface area contributed by atoms with Crippen LogP contribution in [0.15, 0.2) is 29.1 Å². The van der Waals surface area contributed by atoms with E-state index in [-0.39, 0.29) is 11.1 Å². The van der Waals surface area contributed by atoms with Gasteiger partial charge in [-0.15, -0.1) is 0 Å². The first kappa shape index (κ1) is 13.4. The van der Waals surface area contributed by atoms with Gasteiger partial charge in [0.25, 0.3) is 5.56 Å². The Hall–Kier alpha value is -2.63. The van der Waals surface area contributed by atoms with Crippen LogP contribution in [0, 0.1) is 0 Å². The molecule has 0 amide bonds. The molecule has 6 nitrogen and oxygen atoms in total. The number of aromatic nitrogens is 2. The van der Waals surface area contributed by atoms with Crippen molar-refractivity contribution in [2.75, 3.05) is 11.9 Å². The third kappa shape index (κ3) is 2.65. The monoisotopic (exact) mass is 285 g/mol. The van der Waals surface area contributed by atoms with E-state index in [0.717, 1.165) is 41.9 Å². The molecular formula is C15H15N3O3. The molecule has 1 aliphatic rings. The van der Waals surface area contributed by atoms with E-state index in [1.807, 2.05) is 6.07 Å². The van der Waals surface area contributed by atoms with Gasteiger partial charge in [-0.1, -0.05) is 12.1 Å². The highest BCUT2D eigenvalue weighted by atomic mass is 16.4. The number of rotatable bonds is 3. The van der Waals surface area contributed by atoms with Crippen molar-refractivity contribution in [3.63, 3.8) is 0 Å².